The molecule has 0 spiro atoms. The summed E-state index contributed by atoms with van der Waals surface area (Å²) < 4.78 is 11.2. The van der Waals surface area contributed by atoms with Crippen LogP contribution in [0, 0.1) is 0 Å². The van der Waals surface area contributed by atoms with Crippen LogP contribution in [-0.4, -0.2) is 50.4 Å². The third-order valence-corrected chi connectivity index (χ3v) is 3.88. The molecule has 0 amide bonds. The molecule has 1 N–H and O–H groups in total. The standard InChI is InChI=1S/C17H28N2O2/c1-5-18-17(15-7-6-8-16(9-15)20-4)12-19-10-13(2)21-14(3)11-19/h6-9,13-14,17-18H,5,10-12H2,1-4H3/t13-,14+,17?. The third-order valence-electron chi connectivity index (χ3n) is 3.88. The first kappa shape index (κ1) is 16.3. The van der Waals surface area contributed by atoms with Crippen LogP contribution in [0.5, 0.6) is 5.75 Å². The van der Waals surface area contributed by atoms with Crippen LogP contribution in [0.2, 0.25) is 0 Å². The molecule has 1 saturated heterocycles. The minimum absolute atomic E-state index is 0.307. The Bertz CT molecular complexity index is 429. The van der Waals surface area contributed by atoms with Gasteiger partial charge in [0.1, 0.15) is 5.75 Å². The number of nitrogens with one attached hydrogen (secondary N) is 1. The van der Waals surface area contributed by atoms with Gasteiger partial charge in [-0.05, 0) is 38.1 Å². The van der Waals surface area contributed by atoms with Gasteiger partial charge in [-0.3, -0.25) is 4.90 Å². The highest BCUT2D eigenvalue weighted by Crippen LogP contribution is 2.21. The van der Waals surface area contributed by atoms with Gasteiger partial charge >= 0.3 is 0 Å². The molecule has 1 aliphatic heterocycles. The topological polar surface area (TPSA) is 33.7 Å². The van der Waals surface area contributed by atoms with Crippen molar-refractivity contribution in [2.75, 3.05) is 33.3 Å². The van der Waals surface area contributed by atoms with Crippen LogP contribution in [0.3, 0.4) is 0 Å². The molecule has 1 aromatic carbocycles. The number of rotatable bonds is 6. The highest BCUT2D eigenvalue weighted by Gasteiger charge is 2.24. The third kappa shape index (κ3) is 4.70. The van der Waals surface area contributed by atoms with E-state index in [9.17, 15) is 0 Å². The Kier molecular flexibility index (Phi) is 6.03. The monoisotopic (exact) mass is 292 g/mol. The van der Waals surface area contributed by atoms with Crippen molar-refractivity contribution in [1.82, 2.24) is 10.2 Å². The van der Waals surface area contributed by atoms with Crippen molar-refractivity contribution in [3.8, 4) is 5.75 Å². The molecule has 1 unspecified atom stereocenters. The first-order valence-electron chi connectivity index (χ1n) is 7.87. The second-order valence-corrected chi connectivity index (χ2v) is 5.86. The van der Waals surface area contributed by atoms with Crippen LogP contribution in [0.25, 0.3) is 0 Å². The van der Waals surface area contributed by atoms with Crippen LogP contribution in [0.1, 0.15) is 32.4 Å². The number of benzene rings is 1. The van der Waals surface area contributed by atoms with Gasteiger partial charge in [0.2, 0.25) is 0 Å². The molecule has 1 aromatic rings. The summed E-state index contributed by atoms with van der Waals surface area (Å²) in [5, 5.41) is 3.59. The minimum atomic E-state index is 0.307. The number of methoxy groups -OCH3 is 1. The maximum atomic E-state index is 5.82. The van der Waals surface area contributed by atoms with Gasteiger partial charge in [-0.2, -0.15) is 0 Å². The van der Waals surface area contributed by atoms with Crippen LogP contribution < -0.4 is 10.1 Å². The molecule has 3 atom stereocenters. The molecule has 0 saturated carbocycles. The quantitative estimate of drug-likeness (QED) is 0.873. The van der Waals surface area contributed by atoms with Gasteiger partial charge in [-0.15, -0.1) is 0 Å². The molecular formula is C17H28N2O2. The maximum absolute atomic E-state index is 5.82. The summed E-state index contributed by atoms with van der Waals surface area (Å²) in [7, 11) is 1.71. The molecule has 21 heavy (non-hydrogen) atoms. The van der Waals surface area contributed by atoms with Gasteiger partial charge in [0, 0.05) is 25.7 Å². The van der Waals surface area contributed by atoms with Gasteiger partial charge in [-0.1, -0.05) is 19.1 Å². The van der Waals surface area contributed by atoms with Crippen molar-refractivity contribution in [3.63, 3.8) is 0 Å². The Hall–Kier alpha value is -1.10. The smallest absolute Gasteiger partial charge is 0.119 e. The maximum Gasteiger partial charge on any atom is 0.119 e. The normalized spacial score (nSPS) is 24.8. The molecule has 1 aliphatic rings. The van der Waals surface area contributed by atoms with Crippen molar-refractivity contribution in [3.05, 3.63) is 29.8 Å². The van der Waals surface area contributed by atoms with Crippen molar-refractivity contribution < 1.29 is 9.47 Å². The van der Waals surface area contributed by atoms with Crippen molar-refractivity contribution in [2.45, 2.75) is 39.0 Å². The van der Waals surface area contributed by atoms with Crippen molar-refractivity contribution in [1.29, 1.82) is 0 Å². The fraction of sp³-hybridized carbons (Fsp3) is 0.647. The highest BCUT2D eigenvalue weighted by atomic mass is 16.5. The SMILES string of the molecule is CCNC(CN1C[C@@H](C)O[C@@H](C)C1)c1cccc(OC)c1. The Morgan fingerprint density at radius 3 is 2.67 bits per heavy atom. The number of hydrogen-bond donors (Lipinski definition) is 1. The Balaban J connectivity index is 2.07. The van der Waals surface area contributed by atoms with E-state index in [2.05, 4.69) is 49.2 Å². The van der Waals surface area contributed by atoms with Gasteiger partial charge < -0.3 is 14.8 Å². The summed E-state index contributed by atoms with van der Waals surface area (Å²) in [5.41, 5.74) is 1.28. The van der Waals surface area contributed by atoms with E-state index in [4.69, 9.17) is 9.47 Å². The van der Waals surface area contributed by atoms with Crippen LogP contribution in [0.15, 0.2) is 24.3 Å². The summed E-state index contributed by atoms with van der Waals surface area (Å²) in [6.45, 7) is 10.4. The van der Waals surface area contributed by atoms with E-state index >= 15 is 0 Å². The second-order valence-electron chi connectivity index (χ2n) is 5.86. The largest absolute Gasteiger partial charge is 0.497 e. The average molecular weight is 292 g/mol. The van der Waals surface area contributed by atoms with E-state index in [1.165, 1.54) is 5.56 Å². The molecule has 4 nitrogen and oxygen atoms in total. The van der Waals surface area contributed by atoms with Crippen molar-refractivity contribution in [2.24, 2.45) is 0 Å². The summed E-state index contributed by atoms with van der Waals surface area (Å²) in [6.07, 6.45) is 0.614. The first-order chi connectivity index (χ1) is 10.1. The number of morpholine rings is 1. The minimum Gasteiger partial charge on any atom is -0.497 e. The van der Waals surface area contributed by atoms with Crippen LogP contribution in [0.4, 0.5) is 0 Å². The Morgan fingerprint density at radius 2 is 2.05 bits per heavy atom. The number of nitrogens with zero attached hydrogens (tertiary/aromatic N) is 1. The second kappa shape index (κ2) is 7.78. The van der Waals surface area contributed by atoms with Crippen LogP contribution in [-0.2, 0) is 4.74 Å². The highest BCUT2D eigenvalue weighted by molar-refractivity contribution is 5.30. The van der Waals surface area contributed by atoms with Gasteiger partial charge in [0.05, 0.1) is 19.3 Å². The zero-order chi connectivity index (χ0) is 15.2. The molecule has 118 valence electrons. The Labute approximate surface area is 128 Å². The lowest BCUT2D eigenvalue weighted by Gasteiger charge is -2.37. The molecule has 0 radical (unpaired) electrons. The summed E-state index contributed by atoms with van der Waals surface area (Å²) in [5.74, 6) is 0.916. The van der Waals surface area contributed by atoms with Crippen LogP contribution >= 0.6 is 0 Å². The molecule has 4 heteroatoms. The Morgan fingerprint density at radius 1 is 1.33 bits per heavy atom. The lowest BCUT2D eigenvalue weighted by Crippen LogP contribution is -2.48. The molecule has 0 aliphatic carbocycles. The van der Waals surface area contributed by atoms with Gasteiger partial charge in [-0.25, -0.2) is 0 Å². The molecule has 0 bridgehead atoms. The zero-order valence-electron chi connectivity index (χ0n) is 13.6. The van der Waals surface area contributed by atoms with Gasteiger partial charge in [0.15, 0.2) is 0 Å². The van der Waals surface area contributed by atoms with E-state index in [1.807, 2.05) is 6.07 Å². The van der Waals surface area contributed by atoms with E-state index in [0.29, 0.717) is 18.2 Å². The lowest BCUT2D eigenvalue weighted by molar-refractivity contribution is -0.0699. The molecule has 1 fully saturated rings. The summed E-state index contributed by atoms with van der Waals surface area (Å²) in [4.78, 5) is 2.49. The summed E-state index contributed by atoms with van der Waals surface area (Å²) >= 11 is 0. The first-order valence-corrected chi connectivity index (χ1v) is 7.87. The summed E-state index contributed by atoms with van der Waals surface area (Å²) in [6, 6.07) is 8.67. The molecule has 1 heterocycles. The number of likely N-dealkylation sites (N-methyl/N-ethyl adjacent to an activating group) is 1. The van der Waals surface area contributed by atoms with E-state index in [1.54, 1.807) is 7.11 Å². The predicted octanol–water partition coefficient (Wildman–Crippen LogP) is 2.46. The van der Waals surface area contributed by atoms with Crippen molar-refractivity contribution >= 4 is 0 Å². The molecular weight excluding hydrogens is 264 g/mol. The van der Waals surface area contributed by atoms with E-state index in [-0.39, 0.29) is 0 Å². The molecule has 2 rings (SSSR count). The zero-order valence-corrected chi connectivity index (χ0v) is 13.6. The van der Waals surface area contributed by atoms with E-state index < -0.39 is 0 Å². The average Bonchev–Trinajstić information content (AvgIpc) is 2.46. The fourth-order valence-electron chi connectivity index (χ4n) is 3.08. The predicted molar refractivity (Wildman–Crippen MR) is 85.9 cm³/mol. The fourth-order valence-corrected chi connectivity index (χ4v) is 3.08. The lowest BCUT2D eigenvalue weighted by atomic mass is 10.0. The molecule has 0 aromatic heterocycles. The van der Waals surface area contributed by atoms with Gasteiger partial charge in [0.25, 0.3) is 0 Å². The van der Waals surface area contributed by atoms with E-state index in [0.717, 1.165) is 31.9 Å². The number of ether oxygens (including phenoxy) is 2. The number of hydrogen-bond acceptors (Lipinski definition) is 4.